The van der Waals surface area contributed by atoms with Crippen molar-refractivity contribution < 1.29 is 0 Å². The molecule has 1 aromatic heterocycles. The van der Waals surface area contributed by atoms with Gasteiger partial charge in [0, 0.05) is 32.3 Å². The Morgan fingerprint density at radius 1 is 0.905 bits per heavy atom. The summed E-state index contributed by atoms with van der Waals surface area (Å²) in [5.41, 5.74) is 7.56. The molecule has 1 aromatic carbocycles. The molecule has 21 heavy (non-hydrogen) atoms. The summed E-state index contributed by atoms with van der Waals surface area (Å²) in [7, 11) is 6.34. The van der Waals surface area contributed by atoms with E-state index >= 15 is 0 Å². The molecule has 0 bridgehead atoms. The zero-order chi connectivity index (χ0) is 15.5. The monoisotopic (exact) mass is 287 g/mol. The minimum Gasteiger partial charge on any atom is -0.344 e. The number of nitrogens with one attached hydrogen (secondary N) is 1. The molecule has 0 amide bonds. The van der Waals surface area contributed by atoms with Crippen LogP contribution in [-0.2, 0) is 0 Å². The van der Waals surface area contributed by atoms with E-state index in [0.717, 1.165) is 5.52 Å². The predicted octanol–water partition coefficient (Wildman–Crippen LogP) is 3.46. The van der Waals surface area contributed by atoms with Crippen molar-refractivity contribution in [2.24, 2.45) is 0 Å². The van der Waals surface area contributed by atoms with E-state index in [9.17, 15) is 0 Å². The molecule has 0 radical (unpaired) electrons. The van der Waals surface area contributed by atoms with Crippen LogP contribution < -0.4 is 10.0 Å². The zero-order valence-corrected chi connectivity index (χ0v) is 14.0. The summed E-state index contributed by atoms with van der Waals surface area (Å²) >= 11 is 0. The average Bonchev–Trinajstić information content (AvgIpc) is 2.96. The smallest absolute Gasteiger partial charge is 0.0942 e. The molecule has 0 unspecified atom stereocenters. The van der Waals surface area contributed by atoms with E-state index in [1.165, 1.54) is 28.0 Å². The Morgan fingerprint density at radius 3 is 1.95 bits per heavy atom. The Kier molecular flexibility index (Phi) is 3.13. The van der Waals surface area contributed by atoms with Crippen LogP contribution in [0.3, 0.4) is 0 Å². The fourth-order valence-corrected chi connectivity index (χ4v) is 3.44. The Morgan fingerprint density at radius 2 is 1.43 bits per heavy atom. The van der Waals surface area contributed by atoms with Crippen LogP contribution in [0.15, 0.2) is 6.33 Å². The van der Waals surface area contributed by atoms with Crippen LogP contribution in [-0.4, -0.2) is 36.2 Å². The molecular formula is C16H25N5. The zero-order valence-electron chi connectivity index (χ0n) is 14.0. The third-order valence-electron chi connectivity index (χ3n) is 4.57. The number of imidazole rings is 1. The van der Waals surface area contributed by atoms with E-state index in [0.29, 0.717) is 11.8 Å². The molecule has 0 atom stereocenters. The lowest BCUT2D eigenvalue weighted by Gasteiger charge is -2.27. The molecule has 0 fully saturated rings. The molecule has 0 aliphatic carbocycles. The van der Waals surface area contributed by atoms with Gasteiger partial charge in [-0.05, 0) is 11.8 Å². The molecule has 2 aromatic rings. The van der Waals surface area contributed by atoms with Gasteiger partial charge < -0.3 is 4.98 Å². The first-order valence-corrected chi connectivity index (χ1v) is 7.60. The number of hydrogen-bond acceptors (Lipinski definition) is 4. The quantitative estimate of drug-likeness (QED) is 0.918. The number of hydrogen-bond donors (Lipinski definition) is 1. The molecule has 0 saturated carbocycles. The molecule has 2 heterocycles. The first kappa shape index (κ1) is 14.2. The molecule has 114 valence electrons. The van der Waals surface area contributed by atoms with Gasteiger partial charge in [0.25, 0.3) is 0 Å². The SMILES string of the molecule is CC(C)c1c2c(c(C(C)C)c3[nH]cnc13)N(C)N(C)N2C. The second-order valence-corrected chi connectivity index (χ2v) is 6.50. The number of rotatable bonds is 2. The Bertz CT molecular complexity index is 630. The van der Waals surface area contributed by atoms with Crippen molar-refractivity contribution in [3.05, 3.63) is 17.5 Å². The Labute approximate surface area is 126 Å². The maximum absolute atomic E-state index is 4.63. The summed E-state index contributed by atoms with van der Waals surface area (Å²) in [6, 6.07) is 0. The fourth-order valence-electron chi connectivity index (χ4n) is 3.44. The summed E-state index contributed by atoms with van der Waals surface area (Å²) in [5.74, 6) is 0.860. The molecule has 1 aliphatic rings. The molecule has 1 aliphatic heterocycles. The summed E-state index contributed by atoms with van der Waals surface area (Å²) in [5, 5.41) is 6.61. The third kappa shape index (κ3) is 1.77. The van der Waals surface area contributed by atoms with Crippen molar-refractivity contribution in [3.63, 3.8) is 0 Å². The van der Waals surface area contributed by atoms with Gasteiger partial charge in [0.2, 0.25) is 0 Å². The third-order valence-corrected chi connectivity index (χ3v) is 4.57. The molecule has 1 N–H and O–H groups in total. The van der Waals surface area contributed by atoms with Crippen LogP contribution >= 0.6 is 0 Å². The van der Waals surface area contributed by atoms with E-state index in [1.807, 2.05) is 6.33 Å². The van der Waals surface area contributed by atoms with E-state index in [4.69, 9.17) is 0 Å². The van der Waals surface area contributed by atoms with Gasteiger partial charge in [-0.25, -0.2) is 4.98 Å². The van der Waals surface area contributed by atoms with E-state index < -0.39 is 0 Å². The summed E-state index contributed by atoms with van der Waals surface area (Å²) < 4.78 is 0. The number of anilines is 2. The molecule has 5 nitrogen and oxygen atoms in total. The van der Waals surface area contributed by atoms with Gasteiger partial charge in [0.05, 0.1) is 28.7 Å². The maximum atomic E-state index is 4.63. The highest BCUT2D eigenvalue weighted by Crippen LogP contribution is 2.49. The van der Waals surface area contributed by atoms with Gasteiger partial charge in [-0.1, -0.05) is 27.7 Å². The number of H-pyrrole nitrogens is 1. The molecule has 0 saturated heterocycles. The van der Waals surface area contributed by atoms with Gasteiger partial charge >= 0.3 is 0 Å². The van der Waals surface area contributed by atoms with E-state index in [2.05, 4.69) is 73.9 Å². The van der Waals surface area contributed by atoms with Gasteiger partial charge in [0.15, 0.2) is 0 Å². The normalized spacial score (nSPS) is 15.9. The lowest BCUT2D eigenvalue weighted by molar-refractivity contribution is 0.336. The van der Waals surface area contributed by atoms with E-state index in [-0.39, 0.29) is 0 Å². The van der Waals surface area contributed by atoms with Crippen LogP contribution in [0.1, 0.15) is 50.7 Å². The van der Waals surface area contributed by atoms with Crippen LogP contribution in [0, 0.1) is 0 Å². The molecular weight excluding hydrogens is 262 g/mol. The summed E-state index contributed by atoms with van der Waals surface area (Å²) in [4.78, 5) is 8.00. The number of aromatic nitrogens is 2. The maximum Gasteiger partial charge on any atom is 0.0942 e. The second-order valence-electron chi connectivity index (χ2n) is 6.50. The first-order chi connectivity index (χ1) is 9.86. The highest BCUT2D eigenvalue weighted by molar-refractivity contribution is 5.98. The van der Waals surface area contributed by atoms with Crippen molar-refractivity contribution >= 4 is 22.4 Å². The van der Waals surface area contributed by atoms with Gasteiger partial charge in [-0.2, -0.15) is 0 Å². The lowest BCUT2D eigenvalue weighted by Crippen LogP contribution is -2.41. The van der Waals surface area contributed by atoms with Crippen molar-refractivity contribution in [3.8, 4) is 0 Å². The van der Waals surface area contributed by atoms with Gasteiger partial charge in [-0.3, -0.25) is 10.0 Å². The van der Waals surface area contributed by atoms with E-state index in [1.54, 1.807) is 0 Å². The number of fused-ring (bicyclic) bond motifs is 2. The highest BCUT2D eigenvalue weighted by atomic mass is 15.9. The minimum absolute atomic E-state index is 0.424. The van der Waals surface area contributed by atoms with Crippen LogP contribution in [0.25, 0.3) is 11.0 Å². The number of benzene rings is 1. The van der Waals surface area contributed by atoms with Crippen LogP contribution in [0.5, 0.6) is 0 Å². The fraction of sp³-hybridized carbons (Fsp3) is 0.562. The van der Waals surface area contributed by atoms with Crippen molar-refractivity contribution in [2.45, 2.75) is 39.5 Å². The Hall–Kier alpha value is -1.75. The highest BCUT2D eigenvalue weighted by Gasteiger charge is 2.35. The lowest BCUT2D eigenvalue weighted by atomic mass is 9.90. The van der Waals surface area contributed by atoms with Gasteiger partial charge in [-0.15, -0.1) is 5.12 Å². The Balaban J connectivity index is 2.49. The number of hydrazine groups is 2. The van der Waals surface area contributed by atoms with Crippen molar-refractivity contribution in [1.29, 1.82) is 0 Å². The number of nitrogens with zero attached hydrogens (tertiary/aromatic N) is 4. The standard InChI is InChI=1S/C16H25N5/c1-9(2)11-13-14(18-8-17-13)12(10(3)4)16-15(11)19(5)21(7)20(16)6/h8-10H,1-7H3,(H,17,18). The first-order valence-electron chi connectivity index (χ1n) is 7.60. The minimum atomic E-state index is 0.424. The molecule has 5 heteroatoms. The largest absolute Gasteiger partial charge is 0.344 e. The topological polar surface area (TPSA) is 38.4 Å². The predicted molar refractivity (Wildman–Crippen MR) is 88.8 cm³/mol. The molecule has 3 rings (SSSR count). The average molecular weight is 287 g/mol. The van der Waals surface area contributed by atoms with Crippen molar-refractivity contribution in [2.75, 3.05) is 31.2 Å². The summed E-state index contributed by atoms with van der Waals surface area (Å²) in [6.07, 6.45) is 1.82. The molecule has 0 spiro atoms. The van der Waals surface area contributed by atoms with Crippen LogP contribution in [0.4, 0.5) is 11.4 Å². The number of aromatic amines is 1. The van der Waals surface area contributed by atoms with Crippen LogP contribution in [0.2, 0.25) is 0 Å². The second kappa shape index (κ2) is 4.63. The summed E-state index contributed by atoms with van der Waals surface area (Å²) in [6.45, 7) is 8.98. The van der Waals surface area contributed by atoms with Crippen molar-refractivity contribution in [1.82, 2.24) is 15.1 Å². The van der Waals surface area contributed by atoms with Gasteiger partial charge in [0.1, 0.15) is 0 Å².